The molecule has 2 aromatic carbocycles. The highest BCUT2D eigenvalue weighted by Gasteiger charge is 2.12. The summed E-state index contributed by atoms with van der Waals surface area (Å²) in [6.45, 7) is 1.02. The molecule has 0 fully saturated rings. The monoisotopic (exact) mass is 316 g/mol. The minimum Gasteiger partial charge on any atom is -0.395 e. The summed E-state index contributed by atoms with van der Waals surface area (Å²) in [5.41, 5.74) is 1.84. The van der Waals surface area contributed by atoms with E-state index in [1.807, 2.05) is 36.4 Å². The molecule has 2 rings (SSSR count). The summed E-state index contributed by atoms with van der Waals surface area (Å²) < 4.78 is 13.1. The van der Waals surface area contributed by atoms with E-state index in [0.29, 0.717) is 19.5 Å². The Kier molecular flexibility index (Phi) is 6.56. The number of rotatable bonds is 7. The Bertz CT molecular complexity index is 619. The van der Waals surface area contributed by atoms with Crippen LogP contribution in [0.1, 0.15) is 11.1 Å². The lowest BCUT2D eigenvalue weighted by molar-refractivity contribution is 0.174. The predicted molar refractivity (Wildman–Crippen MR) is 87.4 cm³/mol. The lowest BCUT2D eigenvalue weighted by Crippen LogP contribution is -2.41. The first-order valence-electron chi connectivity index (χ1n) is 7.61. The van der Waals surface area contributed by atoms with E-state index in [4.69, 9.17) is 5.11 Å². The number of amides is 2. The molecule has 0 heterocycles. The molecule has 5 heteroatoms. The van der Waals surface area contributed by atoms with Crippen LogP contribution in [0.15, 0.2) is 54.6 Å². The molecule has 0 radical (unpaired) electrons. The van der Waals surface area contributed by atoms with E-state index in [1.54, 1.807) is 11.0 Å². The average Bonchev–Trinajstić information content (AvgIpc) is 2.55. The largest absolute Gasteiger partial charge is 0.395 e. The molecule has 122 valence electrons. The fourth-order valence-corrected chi connectivity index (χ4v) is 2.29. The molecule has 0 aliphatic heterocycles. The highest BCUT2D eigenvalue weighted by Crippen LogP contribution is 2.06. The molecule has 23 heavy (non-hydrogen) atoms. The van der Waals surface area contributed by atoms with Gasteiger partial charge in [0, 0.05) is 19.6 Å². The maximum absolute atomic E-state index is 13.1. The summed E-state index contributed by atoms with van der Waals surface area (Å²) in [5, 5.41) is 11.9. The Morgan fingerprint density at radius 2 is 1.83 bits per heavy atom. The third-order valence-corrected chi connectivity index (χ3v) is 3.45. The highest BCUT2D eigenvalue weighted by molar-refractivity contribution is 5.74. The number of hydrogen-bond acceptors (Lipinski definition) is 2. The Morgan fingerprint density at radius 3 is 2.52 bits per heavy atom. The molecular formula is C18H21FN2O2. The van der Waals surface area contributed by atoms with Crippen LogP contribution in [0.25, 0.3) is 0 Å². The quantitative estimate of drug-likeness (QED) is 0.825. The molecule has 2 N–H and O–H groups in total. The van der Waals surface area contributed by atoms with Crippen molar-refractivity contribution in [1.29, 1.82) is 0 Å². The van der Waals surface area contributed by atoms with Gasteiger partial charge in [0.1, 0.15) is 5.82 Å². The first-order valence-corrected chi connectivity index (χ1v) is 7.61. The summed E-state index contributed by atoms with van der Waals surface area (Å²) >= 11 is 0. The summed E-state index contributed by atoms with van der Waals surface area (Å²) in [4.78, 5) is 13.8. The van der Waals surface area contributed by atoms with E-state index in [9.17, 15) is 9.18 Å². The number of nitrogens with one attached hydrogen (secondary N) is 1. The molecule has 0 aliphatic carbocycles. The van der Waals surface area contributed by atoms with E-state index in [2.05, 4.69) is 5.32 Å². The topological polar surface area (TPSA) is 52.6 Å². The van der Waals surface area contributed by atoms with Crippen LogP contribution in [0, 0.1) is 5.82 Å². The average molecular weight is 316 g/mol. The summed E-state index contributed by atoms with van der Waals surface area (Å²) in [5.74, 6) is -0.278. The van der Waals surface area contributed by atoms with E-state index in [0.717, 1.165) is 11.1 Å². The van der Waals surface area contributed by atoms with Gasteiger partial charge >= 0.3 is 6.03 Å². The number of benzene rings is 2. The van der Waals surface area contributed by atoms with Crippen molar-refractivity contribution >= 4 is 6.03 Å². The molecule has 0 saturated heterocycles. The normalized spacial score (nSPS) is 10.3. The van der Waals surface area contributed by atoms with Crippen LogP contribution in [0.5, 0.6) is 0 Å². The van der Waals surface area contributed by atoms with E-state index in [-0.39, 0.29) is 25.0 Å². The van der Waals surface area contributed by atoms with Gasteiger partial charge in [-0.3, -0.25) is 0 Å². The molecule has 0 spiro atoms. The Labute approximate surface area is 135 Å². The van der Waals surface area contributed by atoms with Crippen LogP contribution < -0.4 is 5.32 Å². The standard InChI is InChI=1S/C18H21FN2O2/c19-17-8-4-7-15(13-17)9-10-20-18(23)21(11-12-22)14-16-5-2-1-3-6-16/h1-8,13,22H,9-12,14H2,(H,20,23). The van der Waals surface area contributed by atoms with Crippen LogP contribution in [-0.4, -0.2) is 35.7 Å². The minimum absolute atomic E-state index is 0.0931. The van der Waals surface area contributed by atoms with E-state index >= 15 is 0 Å². The number of hydrogen-bond donors (Lipinski definition) is 2. The Balaban J connectivity index is 1.85. The van der Waals surface area contributed by atoms with Crippen molar-refractivity contribution in [3.63, 3.8) is 0 Å². The van der Waals surface area contributed by atoms with Gasteiger partial charge in [-0.1, -0.05) is 42.5 Å². The second kappa shape index (κ2) is 8.90. The third-order valence-electron chi connectivity index (χ3n) is 3.45. The molecular weight excluding hydrogens is 295 g/mol. The molecule has 0 atom stereocenters. The predicted octanol–water partition coefficient (Wildman–Crippen LogP) is 2.57. The summed E-state index contributed by atoms with van der Waals surface area (Å²) in [6.07, 6.45) is 0.557. The molecule has 0 aliphatic rings. The molecule has 4 nitrogen and oxygen atoms in total. The second-order valence-electron chi connectivity index (χ2n) is 5.24. The number of aliphatic hydroxyl groups is 1. The van der Waals surface area contributed by atoms with Crippen molar-refractivity contribution < 1.29 is 14.3 Å². The van der Waals surface area contributed by atoms with Gasteiger partial charge in [0.15, 0.2) is 0 Å². The maximum Gasteiger partial charge on any atom is 0.317 e. The summed E-state index contributed by atoms with van der Waals surface area (Å²) in [6, 6.07) is 15.7. The number of carbonyl (C=O) groups excluding carboxylic acids is 1. The fourth-order valence-electron chi connectivity index (χ4n) is 2.29. The van der Waals surface area contributed by atoms with Crippen molar-refractivity contribution in [2.75, 3.05) is 19.7 Å². The van der Waals surface area contributed by atoms with Gasteiger partial charge in [0.05, 0.1) is 6.61 Å². The molecule has 0 aromatic heterocycles. The number of halogens is 1. The van der Waals surface area contributed by atoms with Crippen molar-refractivity contribution in [3.05, 3.63) is 71.5 Å². The lowest BCUT2D eigenvalue weighted by Gasteiger charge is -2.22. The zero-order valence-electron chi connectivity index (χ0n) is 12.9. The first-order chi connectivity index (χ1) is 11.2. The van der Waals surface area contributed by atoms with Gasteiger partial charge in [-0.05, 0) is 29.7 Å². The Hall–Kier alpha value is -2.40. The van der Waals surface area contributed by atoms with Gasteiger partial charge in [0.2, 0.25) is 0 Å². The minimum atomic E-state index is -0.278. The summed E-state index contributed by atoms with van der Waals surface area (Å²) in [7, 11) is 0. The van der Waals surface area contributed by atoms with Crippen LogP contribution in [0.4, 0.5) is 9.18 Å². The zero-order valence-corrected chi connectivity index (χ0v) is 12.9. The van der Waals surface area contributed by atoms with Crippen LogP contribution in [0.3, 0.4) is 0 Å². The Morgan fingerprint density at radius 1 is 1.09 bits per heavy atom. The van der Waals surface area contributed by atoms with Gasteiger partial charge in [-0.15, -0.1) is 0 Å². The second-order valence-corrected chi connectivity index (χ2v) is 5.24. The maximum atomic E-state index is 13.1. The van der Waals surface area contributed by atoms with Crippen LogP contribution in [0.2, 0.25) is 0 Å². The fraction of sp³-hybridized carbons (Fsp3) is 0.278. The number of urea groups is 1. The van der Waals surface area contributed by atoms with Gasteiger partial charge in [0.25, 0.3) is 0 Å². The number of carbonyl (C=O) groups is 1. The van der Waals surface area contributed by atoms with E-state index in [1.165, 1.54) is 12.1 Å². The number of aliphatic hydroxyl groups excluding tert-OH is 1. The van der Waals surface area contributed by atoms with Gasteiger partial charge in [-0.25, -0.2) is 9.18 Å². The van der Waals surface area contributed by atoms with Crippen LogP contribution >= 0.6 is 0 Å². The van der Waals surface area contributed by atoms with Crippen molar-refractivity contribution in [3.8, 4) is 0 Å². The molecule has 2 amide bonds. The van der Waals surface area contributed by atoms with Crippen molar-refractivity contribution in [2.24, 2.45) is 0 Å². The number of nitrogens with zero attached hydrogens (tertiary/aromatic N) is 1. The van der Waals surface area contributed by atoms with E-state index < -0.39 is 0 Å². The third kappa shape index (κ3) is 5.71. The molecule has 0 saturated carbocycles. The first kappa shape index (κ1) is 17.0. The van der Waals surface area contributed by atoms with Crippen molar-refractivity contribution in [2.45, 2.75) is 13.0 Å². The van der Waals surface area contributed by atoms with Crippen LogP contribution in [-0.2, 0) is 13.0 Å². The zero-order chi connectivity index (χ0) is 16.5. The molecule has 2 aromatic rings. The highest BCUT2D eigenvalue weighted by atomic mass is 19.1. The lowest BCUT2D eigenvalue weighted by atomic mass is 10.1. The molecule has 0 bridgehead atoms. The SMILES string of the molecule is O=C(NCCc1cccc(F)c1)N(CCO)Cc1ccccc1. The van der Waals surface area contributed by atoms with Crippen molar-refractivity contribution in [1.82, 2.24) is 10.2 Å². The smallest absolute Gasteiger partial charge is 0.317 e. The van der Waals surface area contributed by atoms with Gasteiger partial charge in [-0.2, -0.15) is 0 Å². The van der Waals surface area contributed by atoms with Gasteiger partial charge < -0.3 is 15.3 Å². The molecule has 0 unspecified atom stereocenters.